The number of nitrogens with one attached hydrogen (secondary N) is 2. The summed E-state index contributed by atoms with van der Waals surface area (Å²) in [6.07, 6.45) is 8.43. The standard InChI is InChI=1S/C24H36N2O3.ClH/c1-23(2,3)26-22(27)15-29-20-6-5-16(10-21(20)28-4)14-25-24-11-17-7-18(12-24)9-19(8-17)13-24;/h5-6,10,17-19,25H,7-9,11-15H2,1-4H3,(H,26,27);1H. The molecule has 0 spiro atoms. The summed E-state index contributed by atoms with van der Waals surface area (Å²) in [7, 11) is 1.65. The molecule has 0 saturated heterocycles. The fourth-order valence-electron chi connectivity index (χ4n) is 6.16. The van der Waals surface area contributed by atoms with Gasteiger partial charge in [0.2, 0.25) is 0 Å². The lowest BCUT2D eigenvalue weighted by Crippen LogP contribution is -2.58. The van der Waals surface area contributed by atoms with Crippen molar-refractivity contribution in [1.82, 2.24) is 10.6 Å². The normalized spacial score (nSPS) is 29.3. The van der Waals surface area contributed by atoms with E-state index in [4.69, 9.17) is 9.47 Å². The van der Waals surface area contributed by atoms with Crippen molar-refractivity contribution in [3.8, 4) is 11.5 Å². The summed E-state index contributed by atoms with van der Waals surface area (Å²) in [5, 5.41) is 6.84. The number of carbonyl (C=O) groups is 1. The smallest absolute Gasteiger partial charge is 0.258 e. The molecule has 0 unspecified atom stereocenters. The number of benzene rings is 1. The molecule has 0 aromatic heterocycles. The van der Waals surface area contributed by atoms with Gasteiger partial charge < -0.3 is 20.1 Å². The Kier molecular flexibility index (Phi) is 6.93. The van der Waals surface area contributed by atoms with E-state index in [1.165, 1.54) is 44.1 Å². The van der Waals surface area contributed by atoms with Crippen molar-refractivity contribution in [3.05, 3.63) is 23.8 Å². The number of hydrogen-bond donors (Lipinski definition) is 2. The van der Waals surface area contributed by atoms with E-state index in [-0.39, 0.29) is 30.5 Å². The van der Waals surface area contributed by atoms with Crippen LogP contribution in [0.25, 0.3) is 0 Å². The number of hydrogen-bond acceptors (Lipinski definition) is 4. The topological polar surface area (TPSA) is 59.6 Å². The fraction of sp³-hybridized carbons (Fsp3) is 0.708. The third-order valence-corrected chi connectivity index (χ3v) is 6.81. The van der Waals surface area contributed by atoms with Crippen LogP contribution in [-0.2, 0) is 11.3 Å². The first kappa shape index (κ1) is 23.2. The Balaban J connectivity index is 0.00000256. The van der Waals surface area contributed by atoms with Crippen molar-refractivity contribution in [1.29, 1.82) is 0 Å². The van der Waals surface area contributed by atoms with Gasteiger partial charge in [0.15, 0.2) is 18.1 Å². The highest BCUT2D eigenvalue weighted by molar-refractivity contribution is 5.85. The average molecular weight is 437 g/mol. The predicted octanol–water partition coefficient (Wildman–Crippen LogP) is 4.47. The molecule has 6 heteroatoms. The van der Waals surface area contributed by atoms with Crippen LogP contribution in [0.2, 0.25) is 0 Å². The lowest BCUT2D eigenvalue weighted by Gasteiger charge is -2.57. The summed E-state index contributed by atoms with van der Waals surface area (Å²) in [4.78, 5) is 12.0. The molecule has 168 valence electrons. The highest BCUT2D eigenvalue weighted by atomic mass is 35.5. The number of carbonyl (C=O) groups excluding carboxylic acids is 1. The number of halogens is 1. The highest BCUT2D eigenvalue weighted by Crippen LogP contribution is 2.55. The second-order valence-electron chi connectivity index (χ2n) is 10.6. The first-order valence-electron chi connectivity index (χ1n) is 11.1. The van der Waals surface area contributed by atoms with Gasteiger partial charge in [-0.3, -0.25) is 4.79 Å². The lowest BCUT2D eigenvalue weighted by atomic mass is 9.53. The minimum Gasteiger partial charge on any atom is -0.493 e. The number of amides is 1. The molecule has 4 aliphatic carbocycles. The van der Waals surface area contributed by atoms with E-state index >= 15 is 0 Å². The van der Waals surface area contributed by atoms with Crippen LogP contribution in [-0.4, -0.2) is 30.7 Å². The van der Waals surface area contributed by atoms with Crippen molar-refractivity contribution in [2.24, 2.45) is 17.8 Å². The molecule has 0 heterocycles. The van der Waals surface area contributed by atoms with Crippen LogP contribution in [0, 0.1) is 17.8 Å². The first-order chi connectivity index (χ1) is 13.7. The molecule has 30 heavy (non-hydrogen) atoms. The van der Waals surface area contributed by atoms with Crippen LogP contribution in [0.5, 0.6) is 11.5 Å². The summed E-state index contributed by atoms with van der Waals surface area (Å²) in [5.41, 5.74) is 1.28. The van der Waals surface area contributed by atoms with Gasteiger partial charge in [0.25, 0.3) is 5.91 Å². The van der Waals surface area contributed by atoms with Gasteiger partial charge in [-0.2, -0.15) is 0 Å². The summed E-state index contributed by atoms with van der Waals surface area (Å²) < 4.78 is 11.2. The van der Waals surface area contributed by atoms with Crippen LogP contribution in [0.15, 0.2) is 18.2 Å². The second kappa shape index (κ2) is 8.96. The maximum absolute atomic E-state index is 12.0. The van der Waals surface area contributed by atoms with Gasteiger partial charge in [-0.15, -0.1) is 12.4 Å². The summed E-state index contributed by atoms with van der Waals surface area (Å²) in [6, 6.07) is 6.03. The van der Waals surface area contributed by atoms with Gasteiger partial charge >= 0.3 is 0 Å². The quantitative estimate of drug-likeness (QED) is 0.662. The highest BCUT2D eigenvalue weighted by Gasteiger charge is 2.50. The van der Waals surface area contributed by atoms with E-state index in [0.717, 1.165) is 24.3 Å². The summed E-state index contributed by atoms with van der Waals surface area (Å²) >= 11 is 0. The van der Waals surface area contributed by atoms with Crippen LogP contribution in [0.4, 0.5) is 0 Å². The molecule has 1 aromatic rings. The van der Waals surface area contributed by atoms with Crippen molar-refractivity contribution >= 4 is 18.3 Å². The SMILES string of the molecule is COc1cc(CNC23CC4CC(CC(C4)C2)C3)ccc1OCC(=O)NC(C)(C)C.Cl. The lowest BCUT2D eigenvalue weighted by molar-refractivity contribution is -0.124. The first-order valence-corrected chi connectivity index (χ1v) is 11.1. The zero-order chi connectivity index (χ0) is 20.6. The fourth-order valence-corrected chi connectivity index (χ4v) is 6.16. The van der Waals surface area contributed by atoms with Gasteiger partial charge in [-0.1, -0.05) is 6.07 Å². The van der Waals surface area contributed by atoms with E-state index in [1.807, 2.05) is 32.9 Å². The van der Waals surface area contributed by atoms with E-state index in [2.05, 4.69) is 16.7 Å². The zero-order valence-corrected chi connectivity index (χ0v) is 19.6. The van der Waals surface area contributed by atoms with Crippen LogP contribution in [0.3, 0.4) is 0 Å². The molecule has 5 nitrogen and oxygen atoms in total. The maximum atomic E-state index is 12.0. The largest absolute Gasteiger partial charge is 0.493 e. The van der Waals surface area contributed by atoms with Crippen LogP contribution in [0.1, 0.15) is 64.9 Å². The van der Waals surface area contributed by atoms with Gasteiger partial charge in [-0.05, 0) is 94.7 Å². The molecule has 4 aliphatic rings. The van der Waals surface area contributed by atoms with Crippen molar-refractivity contribution in [3.63, 3.8) is 0 Å². The zero-order valence-electron chi connectivity index (χ0n) is 18.8. The molecule has 5 rings (SSSR count). The average Bonchev–Trinajstić information content (AvgIpc) is 2.62. The summed E-state index contributed by atoms with van der Waals surface area (Å²) in [5.74, 6) is 3.98. The molecule has 0 aliphatic heterocycles. The molecule has 0 atom stereocenters. The van der Waals surface area contributed by atoms with Crippen LogP contribution < -0.4 is 20.1 Å². The maximum Gasteiger partial charge on any atom is 0.258 e. The van der Waals surface area contributed by atoms with Crippen molar-refractivity contribution in [2.75, 3.05) is 13.7 Å². The summed E-state index contributed by atoms with van der Waals surface area (Å²) in [6.45, 7) is 6.71. The molecule has 2 N–H and O–H groups in total. The molecule has 0 radical (unpaired) electrons. The second-order valence-corrected chi connectivity index (χ2v) is 10.6. The van der Waals surface area contributed by atoms with Gasteiger partial charge in [0.1, 0.15) is 0 Å². The number of methoxy groups -OCH3 is 1. The Morgan fingerprint density at radius 3 is 2.20 bits per heavy atom. The van der Waals surface area contributed by atoms with Crippen molar-refractivity contribution < 1.29 is 14.3 Å². The Morgan fingerprint density at radius 2 is 1.67 bits per heavy atom. The van der Waals surface area contributed by atoms with Gasteiger partial charge in [-0.25, -0.2) is 0 Å². The van der Waals surface area contributed by atoms with E-state index in [1.54, 1.807) is 7.11 Å². The molecular formula is C24H37ClN2O3. The Morgan fingerprint density at radius 1 is 1.07 bits per heavy atom. The third kappa shape index (κ3) is 5.42. The van der Waals surface area contributed by atoms with Crippen molar-refractivity contribution in [2.45, 2.75) is 76.9 Å². The number of rotatable bonds is 7. The third-order valence-electron chi connectivity index (χ3n) is 6.81. The number of ether oxygens (including phenoxy) is 2. The van der Waals surface area contributed by atoms with Gasteiger partial charge in [0.05, 0.1) is 7.11 Å². The Hall–Kier alpha value is -1.46. The van der Waals surface area contributed by atoms with E-state index in [0.29, 0.717) is 17.0 Å². The molecule has 4 saturated carbocycles. The Bertz CT molecular complexity index is 724. The van der Waals surface area contributed by atoms with E-state index in [9.17, 15) is 4.79 Å². The molecule has 4 bridgehead atoms. The molecule has 1 amide bonds. The molecule has 1 aromatic carbocycles. The Labute approximate surface area is 187 Å². The van der Waals surface area contributed by atoms with Gasteiger partial charge in [0, 0.05) is 17.6 Å². The monoisotopic (exact) mass is 436 g/mol. The minimum absolute atomic E-state index is 0. The van der Waals surface area contributed by atoms with Crippen LogP contribution >= 0.6 is 12.4 Å². The van der Waals surface area contributed by atoms with E-state index < -0.39 is 0 Å². The minimum atomic E-state index is -0.267. The predicted molar refractivity (Wildman–Crippen MR) is 121 cm³/mol. The molecule has 4 fully saturated rings. The molecular weight excluding hydrogens is 400 g/mol.